The van der Waals surface area contributed by atoms with E-state index in [-0.39, 0.29) is 12.1 Å². The van der Waals surface area contributed by atoms with Gasteiger partial charge in [0.05, 0.1) is 12.6 Å². The Labute approximate surface area is 92.3 Å². The molecule has 1 aliphatic carbocycles. The molecule has 96 valence electrons. The Balaban J connectivity index is 2.24. The van der Waals surface area contributed by atoms with Crippen LogP contribution in [0.4, 0.5) is 17.6 Å². The maximum atomic E-state index is 12.6. The zero-order chi connectivity index (χ0) is 12.2. The van der Waals surface area contributed by atoms with Crippen molar-refractivity contribution < 1.29 is 22.3 Å². The lowest BCUT2D eigenvalue weighted by molar-refractivity contribution is -0.126. The lowest BCUT2D eigenvalue weighted by Gasteiger charge is -2.29. The molecule has 0 amide bonds. The van der Waals surface area contributed by atoms with E-state index in [1.54, 1.807) is 7.11 Å². The first-order valence-corrected chi connectivity index (χ1v) is 5.38. The number of halogens is 4. The van der Waals surface area contributed by atoms with Gasteiger partial charge in [0.1, 0.15) is 0 Å². The Hall–Kier alpha value is -0.360. The Morgan fingerprint density at radius 2 is 1.81 bits per heavy atom. The minimum Gasteiger partial charge on any atom is -0.381 e. The second kappa shape index (κ2) is 5.82. The molecule has 2 nitrogen and oxygen atoms in total. The van der Waals surface area contributed by atoms with Crippen molar-refractivity contribution in [2.75, 3.05) is 13.7 Å². The predicted molar refractivity (Wildman–Crippen MR) is 52.0 cm³/mol. The largest absolute Gasteiger partial charge is 0.381 e. The smallest absolute Gasteiger partial charge is 0.319 e. The van der Waals surface area contributed by atoms with Crippen LogP contribution < -0.4 is 5.32 Å². The van der Waals surface area contributed by atoms with Crippen LogP contribution in [0.5, 0.6) is 0 Å². The molecule has 0 bridgehead atoms. The molecule has 1 fully saturated rings. The molecule has 0 aromatic heterocycles. The van der Waals surface area contributed by atoms with Gasteiger partial charge in [-0.1, -0.05) is 0 Å². The highest BCUT2D eigenvalue weighted by atomic mass is 19.3. The molecule has 0 atom stereocenters. The standard InChI is InChI=1S/C10H17F4NO/c1-16-8-4-2-7(3-5-8)15-6-10(13,14)9(11)12/h7-9,15H,2-6H2,1H3. The van der Waals surface area contributed by atoms with Crippen molar-refractivity contribution in [3.05, 3.63) is 0 Å². The highest BCUT2D eigenvalue weighted by Crippen LogP contribution is 2.24. The summed E-state index contributed by atoms with van der Waals surface area (Å²) in [6.07, 6.45) is -0.470. The molecule has 0 spiro atoms. The van der Waals surface area contributed by atoms with E-state index in [1.807, 2.05) is 0 Å². The van der Waals surface area contributed by atoms with Crippen LogP contribution in [0.1, 0.15) is 25.7 Å². The molecule has 0 aromatic rings. The average molecular weight is 243 g/mol. The number of alkyl halides is 4. The SMILES string of the molecule is COC1CCC(NCC(F)(F)C(F)F)CC1. The molecule has 0 radical (unpaired) electrons. The van der Waals surface area contributed by atoms with Crippen LogP contribution in [-0.2, 0) is 4.74 Å². The molecule has 1 rings (SSSR count). The monoisotopic (exact) mass is 243 g/mol. The molecule has 0 aliphatic heterocycles. The fraction of sp³-hybridized carbons (Fsp3) is 1.00. The highest BCUT2D eigenvalue weighted by Gasteiger charge is 2.40. The molecule has 0 heterocycles. The number of ether oxygens (including phenoxy) is 1. The third-order valence-corrected chi connectivity index (χ3v) is 2.95. The average Bonchev–Trinajstić information content (AvgIpc) is 2.27. The van der Waals surface area contributed by atoms with Crippen molar-refractivity contribution in [3.63, 3.8) is 0 Å². The lowest BCUT2D eigenvalue weighted by atomic mass is 9.93. The minimum absolute atomic E-state index is 0.101. The van der Waals surface area contributed by atoms with Crippen LogP contribution in [0.3, 0.4) is 0 Å². The van der Waals surface area contributed by atoms with E-state index in [2.05, 4.69) is 5.32 Å². The summed E-state index contributed by atoms with van der Waals surface area (Å²) < 4.78 is 54.1. The Morgan fingerprint density at radius 1 is 1.25 bits per heavy atom. The van der Waals surface area contributed by atoms with Crippen LogP contribution in [0.15, 0.2) is 0 Å². The van der Waals surface area contributed by atoms with Crippen LogP contribution in [-0.4, -0.2) is 38.1 Å². The van der Waals surface area contributed by atoms with Crippen molar-refractivity contribution in [2.24, 2.45) is 0 Å². The van der Waals surface area contributed by atoms with Crippen molar-refractivity contribution in [2.45, 2.75) is 50.2 Å². The fourth-order valence-electron chi connectivity index (χ4n) is 1.86. The molecule has 0 aromatic carbocycles. The van der Waals surface area contributed by atoms with Crippen LogP contribution in [0.25, 0.3) is 0 Å². The molecule has 0 unspecified atom stereocenters. The first kappa shape index (κ1) is 13.7. The zero-order valence-electron chi connectivity index (χ0n) is 9.19. The third-order valence-electron chi connectivity index (χ3n) is 2.95. The first-order chi connectivity index (χ1) is 7.45. The van der Waals surface area contributed by atoms with Crippen molar-refractivity contribution in [1.82, 2.24) is 5.32 Å². The van der Waals surface area contributed by atoms with Crippen molar-refractivity contribution >= 4 is 0 Å². The summed E-state index contributed by atoms with van der Waals surface area (Å²) in [6.45, 7) is -0.951. The van der Waals surface area contributed by atoms with Gasteiger partial charge in [0, 0.05) is 13.2 Å². The van der Waals surface area contributed by atoms with E-state index >= 15 is 0 Å². The predicted octanol–water partition coefficient (Wildman–Crippen LogP) is 2.43. The molecule has 1 N–H and O–H groups in total. The molecule has 1 saturated carbocycles. The van der Waals surface area contributed by atoms with Gasteiger partial charge >= 0.3 is 12.3 Å². The van der Waals surface area contributed by atoms with Gasteiger partial charge < -0.3 is 10.1 Å². The summed E-state index contributed by atoms with van der Waals surface area (Å²) in [5, 5.41) is 2.50. The molecule has 16 heavy (non-hydrogen) atoms. The van der Waals surface area contributed by atoms with Gasteiger partial charge in [-0.3, -0.25) is 0 Å². The van der Waals surface area contributed by atoms with Gasteiger partial charge in [0.25, 0.3) is 0 Å². The van der Waals surface area contributed by atoms with E-state index in [1.165, 1.54) is 0 Å². The maximum absolute atomic E-state index is 12.6. The maximum Gasteiger partial charge on any atom is 0.319 e. The number of rotatable bonds is 5. The van der Waals surface area contributed by atoms with E-state index < -0.39 is 18.9 Å². The van der Waals surface area contributed by atoms with Gasteiger partial charge in [-0.15, -0.1) is 0 Å². The quantitative estimate of drug-likeness (QED) is 0.749. The van der Waals surface area contributed by atoms with Gasteiger partial charge in [0.2, 0.25) is 0 Å². The Kier molecular flexibility index (Phi) is 4.98. The van der Waals surface area contributed by atoms with E-state index in [0.717, 1.165) is 12.8 Å². The van der Waals surface area contributed by atoms with Gasteiger partial charge in [0.15, 0.2) is 0 Å². The molecule has 1 aliphatic rings. The summed E-state index contributed by atoms with van der Waals surface area (Å²) in [7, 11) is 1.61. The number of hydrogen-bond donors (Lipinski definition) is 1. The van der Waals surface area contributed by atoms with Crippen LogP contribution >= 0.6 is 0 Å². The second-order valence-corrected chi connectivity index (χ2v) is 4.15. The number of nitrogens with one attached hydrogen (secondary N) is 1. The summed E-state index contributed by atoms with van der Waals surface area (Å²) in [6, 6.07) is -0.101. The third kappa shape index (κ3) is 3.90. The van der Waals surface area contributed by atoms with Gasteiger partial charge in [-0.25, -0.2) is 8.78 Å². The van der Waals surface area contributed by atoms with Crippen molar-refractivity contribution in [1.29, 1.82) is 0 Å². The Bertz CT molecular complexity index is 205. The lowest BCUT2D eigenvalue weighted by Crippen LogP contribution is -2.44. The van der Waals surface area contributed by atoms with E-state index in [9.17, 15) is 17.6 Å². The number of hydrogen-bond acceptors (Lipinski definition) is 2. The molecular weight excluding hydrogens is 226 g/mol. The highest BCUT2D eigenvalue weighted by molar-refractivity contribution is 4.81. The number of methoxy groups -OCH3 is 1. The van der Waals surface area contributed by atoms with Crippen LogP contribution in [0, 0.1) is 0 Å². The molecule has 6 heteroatoms. The minimum atomic E-state index is -3.93. The van der Waals surface area contributed by atoms with Crippen molar-refractivity contribution in [3.8, 4) is 0 Å². The van der Waals surface area contributed by atoms with Crippen LogP contribution in [0.2, 0.25) is 0 Å². The second-order valence-electron chi connectivity index (χ2n) is 4.15. The normalized spacial score (nSPS) is 27.4. The summed E-state index contributed by atoms with van der Waals surface area (Å²) in [5.41, 5.74) is 0. The fourth-order valence-corrected chi connectivity index (χ4v) is 1.86. The summed E-state index contributed by atoms with van der Waals surface area (Å²) >= 11 is 0. The van der Waals surface area contributed by atoms with Gasteiger partial charge in [-0.2, -0.15) is 8.78 Å². The zero-order valence-corrected chi connectivity index (χ0v) is 9.19. The molecule has 0 saturated heterocycles. The Morgan fingerprint density at radius 3 is 2.25 bits per heavy atom. The van der Waals surface area contributed by atoms with E-state index in [0.29, 0.717) is 12.8 Å². The first-order valence-electron chi connectivity index (χ1n) is 5.38. The van der Waals surface area contributed by atoms with E-state index in [4.69, 9.17) is 4.74 Å². The topological polar surface area (TPSA) is 21.3 Å². The summed E-state index contributed by atoms with van der Waals surface area (Å²) in [4.78, 5) is 0. The van der Waals surface area contributed by atoms with Gasteiger partial charge in [-0.05, 0) is 25.7 Å². The summed E-state index contributed by atoms with van der Waals surface area (Å²) in [5.74, 6) is -3.93. The molecular formula is C10H17F4NO.